The van der Waals surface area contributed by atoms with Crippen LogP contribution in [0, 0.1) is 12.3 Å². The molecule has 1 aromatic carbocycles. The summed E-state index contributed by atoms with van der Waals surface area (Å²) in [5.74, 6) is 2.40. The van der Waals surface area contributed by atoms with E-state index in [0.717, 1.165) is 0 Å². The Morgan fingerprint density at radius 3 is 2.47 bits per heavy atom. The van der Waals surface area contributed by atoms with E-state index >= 15 is 0 Å². The predicted octanol–water partition coefficient (Wildman–Crippen LogP) is 3.09. The first-order valence-corrected chi connectivity index (χ1v) is 6.03. The van der Waals surface area contributed by atoms with Crippen molar-refractivity contribution in [3.63, 3.8) is 0 Å². The largest absolute Gasteiger partial charge is 0.444 e. The van der Waals surface area contributed by atoms with E-state index in [1.165, 1.54) is 0 Å². The number of aliphatic hydroxyl groups is 1. The van der Waals surface area contributed by atoms with Gasteiger partial charge in [0.05, 0.1) is 6.10 Å². The van der Waals surface area contributed by atoms with Crippen LogP contribution in [0.1, 0.15) is 38.9 Å². The highest BCUT2D eigenvalue weighted by Crippen LogP contribution is 2.19. The molecule has 0 bridgehead atoms. The van der Waals surface area contributed by atoms with E-state index in [9.17, 15) is 9.90 Å². The maximum atomic E-state index is 11.5. The maximum absolute atomic E-state index is 11.5. The number of hydrogen-bond acceptors (Lipinski definition) is 3. The number of terminal acetylenes is 1. The third-order valence-corrected chi connectivity index (χ3v) is 2.25. The Kier molecular flexibility index (Phi) is 4.96. The minimum absolute atomic E-state index is 0.263. The molecule has 19 heavy (non-hydrogen) atoms. The molecule has 1 rings (SSSR count). The summed E-state index contributed by atoms with van der Waals surface area (Å²) in [7, 11) is 0. The standard InChI is InChI=1S/C15H19NO3/c1-5-6-13(17)11-7-9-12(10-8-11)16-14(18)19-15(2,3)4/h1,7-10,13,17H,6H2,2-4H3,(H,16,18)/t13-/m1/s1. The molecule has 0 saturated carbocycles. The molecule has 0 aliphatic rings. The van der Waals surface area contributed by atoms with Gasteiger partial charge in [0.25, 0.3) is 0 Å². The van der Waals surface area contributed by atoms with Gasteiger partial charge < -0.3 is 9.84 Å². The molecule has 0 spiro atoms. The first kappa shape index (κ1) is 15.1. The van der Waals surface area contributed by atoms with Gasteiger partial charge in [-0.2, -0.15) is 0 Å². The van der Waals surface area contributed by atoms with Gasteiger partial charge in [0.1, 0.15) is 5.60 Å². The Balaban J connectivity index is 2.63. The third-order valence-electron chi connectivity index (χ3n) is 2.25. The number of anilines is 1. The Labute approximate surface area is 113 Å². The normalized spacial score (nSPS) is 12.4. The topological polar surface area (TPSA) is 58.6 Å². The molecule has 1 aromatic rings. The average molecular weight is 261 g/mol. The fourth-order valence-electron chi connectivity index (χ4n) is 1.44. The van der Waals surface area contributed by atoms with Gasteiger partial charge in [0, 0.05) is 12.1 Å². The summed E-state index contributed by atoms with van der Waals surface area (Å²) >= 11 is 0. The molecular weight excluding hydrogens is 242 g/mol. The quantitative estimate of drug-likeness (QED) is 0.822. The summed E-state index contributed by atoms with van der Waals surface area (Å²) < 4.78 is 5.13. The first-order chi connectivity index (χ1) is 8.81. The van der Waals surface area contributed by atoms with Crippen molar-refractivity contribution in [2.24, 2.45) is 0 Å². The Hall–Kier alpha value is -1.99. The van der Waals surface area contributed by atoms with E-state index in [1.54, 1.807) is 45.0 Å². The fourth-order valence-corrected chi connectivity index (χ4v) is 1.44. The number of aliphatic hydroxyl groups excluding tert-OH is 1. The van der Waals surface area contributed by atoms with Gasteiger partial charge in [-0.1, -0.05) is 12.1 Å². The summed E-state index contributed by atoms with van der Waals surface area (Å²) in [6, 6.07) is 6.82. The third kappa shape index (κ3) is 5.45. The molecule has 0 unspecified atom stereocenters. The number of amides is 1. The Bertz CT molecular complexity index is 466. The van der Waals surface area contributed by atoms with Crippen LogP contribution in [0.4, 0.5) is 10.5 Å². The van der Waals surface area contributed by atoms with Crippen molar-refractivity contribution in [2.45, 2.75) is 38.9 Å². The number of hydrogen-bond donors (Lipinski definition) is 2. The minimum Gasteiger partial charge on any atom is -0.444 e. The van der Waals surface area contributed by atoms with Crippen molar-refractivity contribution in [1.82, 2.24) is 0 Å². The number of benzene rings is 1. The zero-order valence-corrected chi connectivity index (χ0v) is 11.4. The van der Waals surface area contributed by atoms with Crippen LogP contribution in [0.15, 0.2) is 24.3 Å². The summed E-state index contributed by atoms with van der Waals surface area (Å²) in [6.07, 6.45) is 4.21. The number of ether oxygens (including phenoxy) is 1. The first-order valence-electron chi connectivity index (χ1n) is 6.03. The van der Waals surface area contributed by atoms with E-state index in [2.05, 4.69) is 11.2 Å². The number of carbonyl (C=O) groups excluding carboxylic acids is 1. The molecule has 0 aromatic heterocycles. The maximum Gasteiger partial charge on any atom is 0.412 e. The average Bonchev–Trinajstić information content (AvgIpc) is 2.27. The predicted molar refractivity (Wildman–Crippen MR) is 74.7 cm³/mol. The number of nitrogens with one attached hydrogen (secondary N) is 1. The van der Waals surface area contributed by atoms with Gasteiger partial charge in [-0.3, -0.25) is 5.32 Å². The lowest BCUT2D eigenvalue weighted by Crippen LogP contribution is -2.27. The molecular formula is C15H19NO3. The van der Waals surface area contributed by atoms with Crippen LogP contribution < -0.4 is 5.32 Å². The fraction of sp³-hybridized carbons (Fsp3) is 0.400. The highest BCUT2D eigenvalue weighted by atomic mass is 16.6. The second kappa shape index (κ2) is 6.26. The molecule has 2 N–H and O–H groups in total. The van der Waals surface area contributed by atoms with E-state index in [4.69, 9.17) is 11.2 Å². The van der Waals surface area contributed by atoms with Gasteiger partial charge in [-0.25, -0.2) is 4.79 Å². The molecule has 0 saturated heterocycles. The molecule has 0 aliphatic carbocycles. The van der Waals surface area contributed by atoms with Gasteiger partial charge in [-0.05, 0) is 38.5 Å². The van der Waals surface area contributed by atoms with Crippen molar-refractivity contribution >= 4 is 11.8 Å². The number of carbonyl (C=O) groups is 1. The van der Waals surface area contributed by atoms with Crippen LogP contribution >= 0.6 is 0 Å². The molecule has 0 fully saturated rings. The van der Waals surface area contributed by atoms with Crippen molar-refractivity contribution < 1.29 is 14.6 Å². The monoisotopic (exact) mass is 261 g/mol. The smallest absolute Gasteiger partial charge is 0.412 e. The Morgan fingerprint density at radius 2 is 2.00 bits per heavy atom. The molecule has 1 atom stereocenters. The second-order valence-electron chi connectivity index (χ2n) is 5.17. The van der Waals surface area contributed by atoms with E-state index in [0.29, 0.717) is 11.3 Å². The van der Waals surface area contributed by atoms with Gasteiger partial charge in [0.15, 0.2) is 0 Å². The van der Waals surface area contributed by atoms with E-state index in [-0.39, 0.29) is 6.42 Å². The van der Waals surface area contributed by atoms with Crippen LogP contribution in [0.5, 0.6) is 0 Å². The van der Waals surface area contributed by atoms with Gasteiger partial charge in [0.2, 0.25) is 0 Å². The van der Waals surface area contributed by atoms with Gasteiger partial charge >= 0.3 is 6.09 Å². The zero-order valence-electron chi connectivity index (χ0n) is 11.4. The molecule has 4 nitrogen and oxygen atoms in total. The summed E-state index contributed by atoms with van der Waals surface area (Å²) in [4.78, 5) is 11.5. The van der Waals surface area contributed by atoms with Crippen LogP contribution in [0.3, 0.4) is 0 Å². The molecule has 0 aliphatic heterocycles. The molecule has 4 heteroatoms. The van der Waals surface area contributed by atoms with Crippen LogP contribution in [-0.4, -0.2) is 16.8 Å². The Morgan fingerprint density at radius 1 is 1.42 bits per heavy atom. The minimum atomic E-state index is -0.680. The second-order valence-corrected chi connectivity index (χ2v) is 5.17. The summed E-state index contributed by atoms with van der Waals surface area (Å²) in [5.41, 5.74) is 0.783. The van der Waals surface area contributed by atoms with Crippen molar-refractivity contribution in [1.29, 1.82) is 0 Å². The molecule has 0 heterocycles. The number of rotatable bonds is 3. The lowest BCUT2D eigenvalue weighted by Gasteiger charge is -2.19. The SMILES string of the molecule is C#CC[C@@H](O)c1ccc(NC(=O)OC(C)(C)C)cc1. The van der Waals surface area contributed by atoms with Gasteiger partial charge in [-0.15, -0.1) is 12.3 Å². The zero-order chi connectivity index (χ0) is 14.5. The summed E-state index contributed by atoms with van der Waals surface area (Å²) in [6.45, 7) is 5.39. The van der Waals surface area contributed by atoms with Crippen LogP contribution in [-0.2, 0) is 4.74 Å². The highest BCUT2D eigenvalue weighted by Gasteiger charge is 2.16. The summed E-state index contributed by atoms with van der Waals surface area (Å²) in [5, 5.41) is 12.3. The lowest BCUT2D eigenvalue weighted by molar-refractivity contribution is 0.0636. The lowest BCUT2D eigenvalue weighted by atomic mass is 10.1. The van der Waals surface area contributed by atoms with Crippen LogP contribution in [0.25, 0.3) is 0 Å². The molecule has 0 radical (unpaired) electrons. The molecule has 1 amide bonds. The molecule has 102 valence electrons. The van der Waals surface area contributed by atoms with Crippen molar-refractivity contribution in [3.8, 4) is 12.3 Å². The van der Waals surface area contributed by atoms with Crippen LogP contribution in [0.2, 0.25) is 0 Å². The van der Waals surface area contributed by atoms with Crippen molar-refractivity contribution in [3.05, 3.63) is 29.8 Å². The van der Waals surface area contributed by atoms with Crippen molar-refractivity contribution in [2.75, 3.05) is 5.32 Å². The highest BCUT2D eigenvalue weighted by molar-refractivity contribution is 5.84. The van der Waals surface area contributed by atoms with E-state index < -0.39 is 17.8 Å². The van der Waals surface area contributed by atoms with E-state index in [1.807, 2.05) is 0 Å².